The first-order valence-electron chi connectivity index (χ1n) is 8.11. The molecule has 0 saturated heterocycles. The summed E-state index contributed by atoms with van der Waals surface area (Å²) in [6, 6.07) is 14.4. The fraction of sp³-hybridized carbons (Fsp3) is 0.263. The van der Waals surface area contributed by atoms with Gasteiger partial charge >= 0.3 is 5.97 Å². The summed E-state index contributed by atoms with van der Waals surface area (Å²) in [4.78, 5) is 26.1. The summed E-state index contributed by atoms with van der Waals surface area (Å²) in [7, 11) is 0. The first-order valence-corrected chi connectivity index (χ1v) is 8.90. The third-order valence-electron chi connectivity index (χ3n) is 3.67. The summed E-state index contributed by atoms with van der Waals surface area (Å²) < 4.78 is 5.93. The van der Waals surface area contributed by atoms with Gasteiger partial charge in [0.25, 0.3) is 5.91 Å². The normalized spacial score (nSPS) is 10.2. The Morgan fingerprint density at radius 1 is 1.08 bits per heavy atom. The van der Waals surface area contributed by atoms with Crippen LogP contribution in [0.2, 0.25) is 0 Å². The molecule has 0 aliphatic carbocycles. The van der Waals surface area contributed by atoms with Gasteiger partial charge in [0, 0.05) is 28.9 Å². The molecule has 0 radical (unpaired) electrons. The van der Waals surface area contributed by atoms with Gasteiger partial charge in [-0.05, 0) is 56.3 Å². The Hall–Kier alpha value is -2.34. The zero-order chi connectivity index (χ0) is 18.2. The average Bonchev–Trinajstić information content (AvgIpc) is 2.61. The maximum atomic E-state index is 12.1. The van der Waals surface area contributed by atoms with Crippen molar-refractivity contribution in [2.75, 3.05) is 29.9 Å². The number of anilines is 2. The van der Waals surface area contributed by atoms with Gasteiger partial charge in [-0.1, -0.05) is 22.0 Å². The number of esters is 1. The number of carbonyl (C=O) groups excluding carboxylic acids is 2. The van der Waals surface area contributed by atoms with Crippen LogP contribution in [-0.4, -0.2) is 31.6 Å². The summed E-state index contributed by atoms with van der Waals surface area (Å²) in [5, 5.41) is 2.68. The van der Waals surface area contributed by atoms with Crippen molar-refractivity contribution in [2.45, 2.75) is 13.8 Å². The van der Waals surface area contributed by atoms with Crippen LogP contribution in [0.4, 0.5) is 11.4 Å². The van der Waals surface area contributed by atoms with Crippen LogP contribution in [0.3, 0.4) is 0 Å². The molecule has 0 atom stereocenters. The monoisotopic (exact) mass is 404 g/mol. The van der Waals surface area contributed by atoms with Crippen molar-refractivity contribution in [1.29, 1.82) is 0 Å². The van der Waals surface area contributed by atoms with E-state index in [9.17, 15) is 9.59 Å². The van der Waals surface area contributed by atoms with Gasteiger partial charge in [0.1, 0.15) is 0 Å². The molecular formula is C19H21BrN2O3. The second kappa shape index (κ2) is 9.22. The molecule has 0 aromatic heterocycles. The van der Waals surface area contributed by atoms with Crippen LogP contribution in [-0.2, 0) is 9.53 Å². The van der Waals surface area contributed by atoms with E-state index in [1.54, 1.807) is 24.3 Å². The predicted octanol–water partition coefficient (Wildman–Crippen LogP) is 4.09. The Labute approximate surface area is 156 Å². The molecular weight excluding hydrogens is 384 g/mol. The number of nitrogens with zero attached hydrogens (tertiary/aromatic N) is 1. The second-order valence-corrected chi connectivity index (χ2v) is 6.27. The highest BCUT2D eigenvalue weighted by molar-refractivity contribution is 9.10. The number of halogens is 1. The Balaban J connectivity index is 1.88. The number of hydrogen-bond acceptors (Lipinski definition) is 4. The van der Waals surface area contributed by atoms with Crippen molar-refractivity contribution < 1.29 is 14.3 Å². The van der Waals surface area contributed by atoms with E-state index in [0.29, 0.717) is 11.3 Å². The number of nitrogens with one attached hydrogen (secondary N) is 1. The van der Waals surface area contributed by atoms with Gasteiger partial charge in [0.05, 0.1) is 5.56 Å². The van der Waals surface area contributed by atoms with E-state index < -0.39 is 5.97 Å². The molecule has 0 unspecified atom stereocenters. The third-order valence-corrected chi connectivity index (χ3v) is 4.17. The lowest BCUT2D eigenvalue weighted by Gasteiger charge is -2.20. The topological polar surface area (TPSA) is 58.6 Å². The van der Waals surface area contributed by atoms with Gasteiger partial charge in [0.2, 0.25) is 0 Å². The van der Waals surface area contributed by atoms with E-state index in [1.807, 2.05) is 24.3 Å². The zero-order valence-corrected chi connectivity index (χ0v) is 15.9. The van der Waals surface area contributed by atoms with Crippen LogP contribution in [0.1, 0.15) is 24.2 Å². The molecule has 0 heterocycles. The van der Waals surface area contributed by atoms with Gasteiger partial charge in [-0.2, -0.15) is 0 Å². The highest BCUT2D eigenvalue weighted by Crippen LogP contribution is 2.16. The van der Waals surface area contributed by atoms with Crippen molar-refractivity contribution in [3.05, 3.63) is 58.6 Å². The van der Waals surface area contributed by atoms with Crippen LogP contribution in [0.5, 0.6) is 0 Å². The SMILES string of the molecule is CCN(CC)c1ccc(C(=O)OCC(=O)Nc2cccc(Br)c2)cc1. The van der Waals surface area contributed by atoms with Crippen LogP contribution in [0.15, 0.2) is 53.0 Å². The van der Waals surface area contributed by atoms with Crippen molar-refractivity contribution >= 4 is 39.2 Å². The predicted molar refractivity (Wildman–Crippen MR) is 103 cm³/mol. The molecule has 0 aliphatic heterocycles. The number of rotatable bonds is 7. The van der Waals surface area contributed by atoms with E-state index in [1.165, 1.54) is 0 Å². The quantitative estimate of drug-likeness (QED) is 0.705. The fourth-order valence-corrected chi connectivity index (χ4v) is 2.77. The number of amides is 1. The number of hydrogen-bond donors (Lipinski definition) is 1. The fourth-order valence-electron chi connectivity index (χ4n) is 2.37. The molecule has 132 valence electrons. The van der Waals surface area contributed by atoms with Gasteiger partial charge in [0.15, 0.2) is 6.61 Å². The summed E-state index contributed by atoms with van der Waals surface area (Å²) in [6.45, 7) is 5.63. The maximum Gasteiger partial charge on any atom is 0.338 e. The average molecular weight is 405 g/mol. The summed E-state index contributed by atoms with van der Waals surface area (Å²) in [5.41, 5.74) is 2.11. The summed E-state index contributed by atoms with van der Waals surface area (Å²) in [5.74, 6) is -0.901. The molecule has 0 fully saturated rings. The van der Waals surface area contributed by atoms with E-state index in [0.717, 1.165) is 23.2 Å². The minimum Gasteiger partial charge on any atom is -0.452 e. The molecule has 6 heteroatoms. The van der Waals surface area contributed by atoms with E-state index in [2.05, 4.69) is 40.0 Å². The van der Waals surface area contributed by atoms with Gasteiger partial charge in [-0.15, -0.1) is 0 Å². The second-order valence-electron chi connectivity index (χ2n) is 5.35. The molecule has 25 heavy (non-hydrogen) atoms. The Bertz CT molecular complexity index is 728. The lowest BCUT2D eigenvalue weighted by Crippen LogP contribution is -2.22. The Morgan fingerprint density at radius 3 is 2.36 bits per heavy atom. The molecule has 0 aliphatic rings. The zero-order valence-electron chi connectivity index (χ0n) is 14.3. The van der Waals surface area contributed by atoms with Gasteiger partial charge in [-0.25, -0.2) is 4.79 Å². The Kier molecular flexibility index (Phi) is 7.01. The van der Waals surface area contributed by atoms with Gasteiger partial charge in [-0.3, -0.25) is 4.79 Å². The standard InChI is InChI=1S/C19H21BrN2O3/c1-3-22(4-2)17-10-8-14(9-11-17)19(24)25-13-18(23)21-16-7-5-6-15(20)12-16/h5-12H,3-4,13H2,1-2H3,(H,21,23). The van der Waals surface area contributed by atoms with E-state index >= 15 is 0 Å². The highest BCUT2D eigenvalue weighted by Gasteiger charge is 2.11. The molecule has 2 rings (SSSR count). The molecule has 0 spiro atoms. The number of carbonyl (C=O) groups is 2. The molecule has 2 aromatic carbocycles. The van der Waals surface area contributed by atoms with Crippen molar-refractivity contribution in [2.24, 2.45) is 0 Å². The number of ether oxygens (including phenoxy) is 1. The largest absolute Gasteiger partial charge is 0.452 e. The molecule has 1 N–H and O–H groups in total. The molecule has 5 nitrogen and oxygen atoms in total. The molecule has 0 saturated carbocycles. The third kappa shape index (κ3) is 5.60. The molecule has 0 bridgehead atoms. The van der Waals surface area contributed by atoms with E-state index in [4.69, 9.17) is 4.74 Å². The highest BCUT2D eigenvalue weighted by atomic mass is 79.9. The summed E-state index contributed by atoms with van der Waals surface area (Å²) in [6.07, 6.45) is 0. The van der Waals surface area contributed by atoms with Gasteiger partial charge < -0.3 is 15.0 Å². The minimum absolute atomic E-state index is 0.330. The molecule has 1 amide bonds. The van der Waals surface area contributed by atoms with E-state index in [-0.39, 0.29) is 12.5 Å². The lowest BCUT2D eigenvalue weighted by molar-refractivity contribution is -0.119. The smallest absolute Gasteiger partial charge is 0.338 e. The van der Waals surface area contributed by atoms with Crippen molar-refractivity contribution in [1.82, 2.24) is 0 Å². The minimum atomic E-state index is -0.518. The van der Waals surface area contributed by atoms with Crippen LogP contribution in [0.25, 0.3) is 0 Å². The lowest BCUT2D eigenvalue weighted by atomic mass is 10.2. The first-order chi connectivity index (χ1) is 12.0. The number of benzene rings is 2. The van der Waals surface area contributed by atoms with Crippen LogP contribution < -0.4 is 10.2 Å². The maximum absolute atomic E-state index is 12.1. The Morgan fingerprint density at radius 2 is 1.76 bits per heavy atom. The summed E-state index contributed by atoms with van der Waals surface area (Å²) >= 11 is 3.33. The van der Waals surface area contributed by atoms with Crippen molar-refractivity contribution in [3.63, 3.8) is 0 Å². The van der Waals surface area contributed by atoms with Crippen LogP contribution >= 0.6 is 15.9 Å². The first kappa shape index (κ1) is 19.0. The molecule has 2 aromatic rings. The van der Waals surface area contributed by atoms with Crippen LogP contribution in [0, 0.1) is 0 Å². The van der Waals surface area contributed by atoms with Crippen molar-refractivity contribution in [3.8, 4) is 0 Å².